The van der Waals surface area contributed by atoms with Crippen LogP contribution in [0.1, 0.15) is 13.8 Å². The Bertz CT molecular complexity index is 585. The van der Waals surface area contributed by atoms with Crippen LogP contribution in [0.2, 0.25) is 0 Å². The molecule has 5 nitrogen and oxygen atoms in total. The van der Waals surface area contributed by atoms with Gasteiger partial charge >= 0.3 is 5.76 Å². The van der Waals surface area contributed by atoms with E-state index in [4.69, 9.17) is 10.2 Å². The lowest BCUT2D eigenvalue weighted by Gasteiger charge is -2.32. The Kier molecular flexibility index (Phi) is 3.43. The number of hydrogen-bond donors (Lipinski definition) is 2. The van der Waals surface area contributed by atoms with Gasteiger partial charge in [-0.3, -0.25) is 4.98 Å². The number of rotatable bonds is 4. The Balaban J connectivity index is 2.37. The van der Waals surface area contributed by atoms with Crippen molar-refractivity contribution in [2.45, 2.75) is 19.9 Å². The zero-order valence-corrected chi connectivity index (χ0v) is 10.9. The average molecular weight is 249 g/mol. The molecule has 0 aliphatic carbocycles. The topological polar surface area (TPSA) is 75.3 Å². The van der Waals surface area contributed by atoms with Crippen LogP contribution in [0, 0.1) is 5.92 Å². The van der Waals surface area contributed by atoms with Crippen molar-refractivity contribution in [3.05, 3.63) is 28.7 Å². The molecule has 0 radical (unpaired) electrons. The van der Waals surface area contributed by atoms with E-state index in [2.05, 4.69) is 23.7 Å². The van der Waals surface area contributed by atoms with Crippen LogP contribution in [0.3, 0.4) is 0 Å². The van der Waals surface area contributed by atoms with Crippen molar-refractivity contribution in [2.24, 2.45) is 11.7 Å². The molecule has 0 amide bonds. The van der Waals surface area contributed by atoms with Crippen LogP contribution in [0.25, 0.3) is 11.1 Å². The van der Waals surface area contributed by atoms with E-state index in [1.807, 2.05) is 19.2 Å². The Labute approximate surface area is 106 Å². The van der Waals surface area contributed by atoms with Crippen LogP contribution in [0.5, 0.6) is 0 Å². The molecule has 3 N–H and O–H groups in total. The van der Waals surface area contributed by atoms with Gasteiger partial charge in [-0.2, -0.15) is 0 Å². The first-order chi connectivity index (χ1) is 8.52. The highest BCUT2D eigenvalue weighted by Gasteiger charge is 2.18. The lowest BCUT2D eigenvalue weighted by atomic mass is 10.0. The Morgan fingerprint density at radius 1 is 1.44 bits per heavy atom. The van der Waals surface area contributed by atoms with Gasteiger partial charge in [0.15, 0.2) is 5.58 Å². The standard InChI is InChI=1S/C13H19N3O2/c1-8(2)11(7-14)16(3)9-4-5-12-10(6-9)15-13(17)18-12/h4-6,8,11H,7,14H2,1-3H3,(H,15,17). The highest BCUT2D eigenvalue weighted by Crippen LogP contribution is 2.22. The zero-order chi connectivity index (χ0) is 13.3. The molecular formula is C13H19N3O2. The predicted molar refractivity (Wildman–Crippen MR) is 72.9 cm³/mol. The van der Waals surface area contributed by atoms with Crippen molar-refractivity contribution < 1.29 is 4.42 Å². The fourth-order valence-electron chi connectivity index (χ4n) is 2.23. The van der Waals surface area contributed by atoms with E-state index in [-0.39, 0.29) is 6.04 Å². The number of oxazole rings is 1. The molecule has 18 heavy (non-hydrogen) atoms. The molecule has 1 aromatic carbocycles. The summed E-state index contributed by atoms with van der Waals surface area (Å²) in [6, 6.07) is 5.91. The summed E-state index contributed by atoms with van der Waals surface area (Å²) in [5.41, 5.74) is 8.11. The summed E-state index contributed by atoms with van der Waals surface area (Å²) >= 11 is 0. The third kappa shape index (κ3) is 2.26. The molecule has 2 rings (SSSR count). The van der Waals surface area contributed by atoms with Crippen LogP contribution < -0.4 is 16.4 Å². The van der Waals surface area contributed by atoms with Gasteiger partial charge in [0.25, 0.3) is 0 Å². The smallest absolute Gasteiger partial charge is 0.408 e. The molecule has 5 heteroatoms. The summed E-state index contributed by atoms with van der Waals surface area (Å²) in [5.74, 6) is 0.0307. The van der Waals surface area contributed by atoms with Gasteiger partial charge in [-0.05, 0) is 24.1 Å². The molecule has 0 saturated carbocycles. The SMILES string of the molecule is CC(C)C(CN)N(C)c1ccc2oc(=O)[nH]c2c1. The second-order valence-corrected chi connectivity index (χ2v) is 4.85. The van der Waals surface area contributed by atoms with Crippen molar-refractivity contribution in [1.82, 2.24) is 4.98 Å². The normalized spacial score (nSPS) is 13.2. The van der Waals surface area contributed by atoms with Crippen molar-refractivity contribution in [1.29, 1.82) is 0 Å². The monoisotopic (exact) mass is 249 g/mol. The summed E-state index contributed by atoms with van der Waals surface area (Å²) < 4.78 is 4.98. The van der Waals surface area contributed by atoms with E-state index in [1.54, 1.807) is 6.07 Å². The van der Waals surface area contributed by atoms with Crippen LogP contribution >= 0.6 is 0 Å². The summed E-state index contributed by atoms with van der Waals surface area (Å²) in [6.07, 6.45) is 0. The van der Waals surface area contributed by atoms with Crippen molar-refractivity contribution in [3.8, 4) is 0 Å². The van der Waals surface area contributed by atoms with Gasteiger partial charge in [-0.15, -0.1) is 0 Å². The maximum absolute atomic E-state index is 11.1. The minimum absolute atomic E-state index is 0.265. The quantitative estimate of drug-likeness (QED) is 0.862. The number of nitrogens with two attached hydrogens (primary N) is 1. The van der Waals surface area contributed by atoms with Crippen LogP contribution in [0.4, 0.5) is 5.69 Å². The fourth-order valence-corrected chi connectivity index (χ4v) is 2.23. The van der Waals surface area contributed by atoms with Crippen LogP contribution in [0.15, 0.2) is 27.4 Å². The molecule has 1 heterocycles. The van der Waals surface area contributed by atoms with E-state index < -0.39 is 5.76 Å². The number of nitrogens with one attached hydrogen (secondary N) is 1. The fraction of sp³-hybridized carbons (Fsp3) is 0.462. The van der Waals surface area contributed by atoms with Gasteiger partial charge in [-0.25, -0.2) is 4.79 Å². The van der Waals surface area contributed by atoms with E-state index >= 15 is 0 Å². The lowest BCUT2D eigenvalue weighted by molar-refractivity contribution is 0.480. The van der Waals surface area contributed by atoms with E-state index in [0.717, 1.165) is 5.69 Å². The molecular weight excluding hydrogens is 230 g/mol. The molecule has 1 atom stereocenters. The summed E-state index contributed by atoms with van der Waals surface area (Å²) in [5, 5.41) is 0. The first-order valence-electron chi connectivity index (χ1n) is 6.08. The molecule has 0 spiro atoms. The number of aromatic nitrogens is 1. The molecule has 1 unspecified atom stereocenters. The molecule has 0 aliphatic rings. The molecule has 0 bridgehead atoms. The van der Waals surface area contributed by atoms with Crippen LogP contribution in [-0.2, 0) is 0 Å². The zero-order valence-electron chi connectivity index (χ0n) is 10.9. The van der Waals surface area contributed by atoms with Gasteiger partial charge in [0, 0.05) is 25.3 Å². The first kappa shape index (κ1) is 12.7. The van der Waals surface area contributed by atoms with E-state index in [0.29, 0.717) is 23.6 Å². The maximum atomic E-state index is 11.1. The molecule has 98 valence electrons. The number of fused-ring (bicyclic) bond motifs is 1. The number of H-pyrrole nitrogens is 1. The number of nitrogens with zero attached hydrogens (tertiary/aromatic N) is 1. The number of aromatic amines is 1. The van der Waals surface area contributed by atoms with Gasteiger partial charge in [0.2, 0.25) is 0 Å². The first-order valence-corrected chi connectivity index (χ1v) is 6.08. The van der Waals surface area contributed by atoms with Gasteiger partial charge in [-0.1, -0.05) is 13.8 Å². The van der Waals surface area contributed by atoms with Crippen molar-refractivity contribution >= 4 is 16.8 Å². The number of benzene rings is 1. The molecule has 0 fully saturated rings. The summed E-state index contributed by atoms with van der Waals surface area (Å²) in [7, 11) is 2.01. The molecule has 0 saturated heterocycles. The molecule has 1 aromatic heterocycles. The van der Waals surface area contributed by atoms with Crippen LogP contribution in [-0.4, -0.2) is 24.6 Å². The Morgan fingerprint density at radius 3 is 2.78 bits per heavy atom. The third-order valence-corrected chi connectivity index (χ3v) is 3.32. The van der Waals surface area contributed by atoms with Gasteiger partial charge in [0.05, 0.1) is 5.52 Å². The van der Waals surface area contributed by atoms with Crippen molar-refractivity contribution in [3.63, 3.8) is 0 Å². The second-order valence-electron chi connectivity index (χ2n) is 4.85. The van der Waals surface area contributed by atoms with E-state index in [9.17, 15) is 4.79 Å². The minimum atomic E-state index is -0.427. The highest BCUT2D eigenvalue weighted by atomic mass is 16.4. The number of hydrogen-bond acceptors (Lipinski definition) is 4. The number of likely N-dealkylation sites (N-methyl/N-ethyl adjacent to an activating group) is 1. The number of anilines is 1. The van der Waals surface area contributed by atoms with Gasteiger partial charge in [0.1, 0.15) is 0 Å². The maximum Gasteiger partial charge on any atom is 0.417 e. The highest BCUT2D eigenvalue weighted by molar-refractivity contribution is 5.77. The second kappa shape index (κ2) is 4.86. The molecule has 0 aliphatic heterocycles. The summed E-state index contributed by atoms with van der Waals surface area (Å²) in [4.78, 5) is 15.9. The summed E-state index contributed by atoms with van der Waals surface area (Å²) in [6.45, 7) is 4.88. The molecule has 2 aromatic rings. The predicted octanol–water partition coefficient (Wildman–Crippen LogP) is 1.54. The van der Waals surface area contributed by atoms with Gasteiger partial charge < -0.3 is 15.1 Å². The lowest BCUT2D eigenvalue weighted by Crippen LogP contribution is -2.41. The largest absolute Gasteiger partial charge is 0.417 e. The average Bonchev–Trinajstić information content (AvgIpc) is 2.68. The van der Waals surface area contributed by atoms with Crippen molar-refractivity contribution in [2.75, 3.05) is 18.5 Å². The Morgan fingerprint density at radius 2 is 2.17 bits per heavy atom. The Hall–Kier alpha value is -1.75. The van der Waals surface area contributed by atoms with E-state index in [1.165, 1.54) is 0 Å². The minimum Gasteiger partial charge on any atom is -0.408 e. The third-order valence-electron chi connectivity index (χ3n) is 3.32.